The molecule has 4 nitrogen and oxygen atoms in total. The molecule has 14 heavy (non-hydrogen) atoms. The van der Waals surface area contributed by atoms with Crippen molar-refractivity contribution >= 4 is 17.2 Å². The predicted molar refractivity (Wildman–Crippen MR) is 55.2 cm³/mol. The van der Waals surface area contributed by atoms with E-state index in [0.29, 0.717) is 12.1 Å². The fourth-order valence-electron chi connectivity index (χ4n) is 1.54. The first-order valence-corrected chi connectivity index (χ1v) is 4.37. The zero-order valence-electron chi connectivity index (χ0n) is 7.58. The molecule has 1 aromatic rings. The lowest BCUT2D eigenvalue weighted by Crippen LogP contribution is -2.32. The van der Waals surface area contributed by atoms with E-state index in [-0.39, 0.29) is 5.91 Å². The van der Waals surface area contributed by atoms with Gasteiger partial charge >= 0.3 is 0 Å². The van der Waals surface area contributed by atoms with Gasteiger partial charge in [0.05, 0.1) is 0 Å². The lowest BCUT2D eigenvalue weighted by Gasteiger charge is -2.17. The van der Waals surface area contributed by atoms with Crippen LogP contribution in [0.15, 0.2) is 30.3 Å². The van der Waals surface area contributed by atoms with Gasteiger partial charge in [0.2, 0.25) is 0 Å². The van der Waals surface area contributed by atoms with Crippen LogP contribution in [-0.4, -0.2) is 12.5 Å². The molecule has 0 saturated carbocycles. The Morgan fingerprint density at radius 3 is 3.00 bits per heavy atom. The van der Waals surface area contributed by atoms with Crippen LogP contribution in [0.25, 0.3) is 5.57 Å². The normalized spacial score (nSPS) is 13.6. The Morgan fingerprint density at radius 2 is 2.21 bits per heavy atom. The highest BCUT2D eigenvalue weighted by Gasteiger charge is 2.16. The molecule has 0 radical (unpaired) electrons. The molecule has 0 saturated heterocycles. The van der Waals surface area contributed by atoms with E-state index >= 15 is 0 Å². The maximum absolute atomic E-state index is 11.4. The summed E-state index contributed by atoms with van der Waals surface area (Å²) < 4.78 is 0. The molecule has 0 spiro atoms. The number of amides is 1. The number of para-hydroxylation sites is 1. The first-order valence-electron chi connectivity index (χ1n) is 4.37. The van der Waals surface area contributed by atoms with Crippen molar-refractivity contribution in [1.29, 1.82) is 0 Å². The standard InChI is InChI=1S/C10H11N3O/c11-13-10(14)8-5-6-12-9-4-2-1-3-7(8)9/h1-5,12H,6,11H2,(H,13,14). The van der Waals surface area contributed by atoms with Gasteiger partial charge in [0.1, 0.15) is 0 Å². The smallest absolute Gasteiger partial charge is 0.265 e. The second-order valence-corrected chi connectivity index (χ2v) is 3.02. The number of hydrogen-bond donors (Lipinski definition) is 3. The second-order valence-electron chi connectivity index (χ2n) is 3.02. The molecule has 1 heterocycles. The third kappa shape index (κ3) is 1.36. The molecule has 2 rings (SSSR count). The first kappa shape index (κ1) is 8.77. The van der Waals surface area contributed by atoms with Crippen LogP contribution < -0.4 is 16.6 Å². The van der Waals surface area contributed by atoms with Crippen LogP contribution in [-0.2, 0) is 4.79 Å². The average Bonchev–Trinajstić information content (AvgIpc) is 2.27. The fourth-order valence-corrected chi connectivity index (χ4v) is 1.54. The number of carbonyl (C=O) groups excluding carboxylic acids is 1. The third-order valence-electron chi connectivity index (χ3n) is 2.19. The van der Waals surface area contributed by atoms with Crippen molar-refractivity contribution in [3.8, 4) is 0 Å². The minimum atomic E-state index is -0.251. The zero-order chi connectivity index (χ0) is 9.97. The highest BCUT2D eigenvalue weighted by Crippen LogP contribution is 2.26. The largest absolute Gasteiger partial charge is 0.381 e. The average molecular weight is 189 g/mol. The molecular weight excluding hydrogens is 178 g/mol. The van der Waals surface area contributed by atoms with Gasteiger partial charge in [0.25, 0.3) is 5.91 Å². The Hall–Kier alpha value is -1.81. The molecule has 4 heteroatoms. The Bertz CT molecular complexity index is 398. The second kappa shape index (κ2) is 3.51. The summed E-state index contributed by atoms with van der Waals surface area (Å²) in [7, 11) is 0. The third-order valence-corrected chi connectivity index (χ3v) is 2.19. The molecule has 0 atom stereocenters. The molecule has 0 aromatic heterocycles. The number of hydrogen-bond acceptors (Lipinski definition) is 3. The van der Waals surface area contributed by atoms with Crippen molar-refractivity contribution in [3.63, 3.8) is 0 Å². The van der Waals surface area contributed by atoms with Crippen molar-refractivity contribution in [3.05, 3.63) is 35.9 Å². The molecule has 1 aromatic carbocycles. The van der Waals surface area contributed by atoms with Gasteiger partial charge in [-0.1, -0.05) is 24.3 Å². The number of carbonyl (C=O) groups is 1. The van der Waals surface area contributed by atoms with E-state index in [0.717, 1.165) is 11.3 Å². The monoisotopic (exact) mass is 189 g/mol. The van der Waals surface area contributed by atoms with Crippen LogP contribution in [0.1, 0.15) is 5.56 Å². The van der Waals surface area contributed by atoms with E-state index < -0.39 is 0 Å². The number of nitrogens with one attached hydrogen (secondary N) is 2. The van der Waals surface area contributed by atoms with Crippen LogP contribution in [0, 0.1) is 0 Å². The number of nitrogens with two attached hydrogens (primary N) is 1. The number of anilines is 1. The lowest BCUT2D eigenvalue weighted by atomic mass is 10.00. The number of fused-ring (bicyclic) bond motifs is 1. The Kier molecular flexibility index (Phi) is 2.20. The maximum Gasteiger partial charge on any atom is 0.265 e. The first-order chi connectivity index (χ1) is 6.83. The molecule has 1 aliphatic rings. The highest BCUT2D eigenvalue weighted by atomic mass is 16.2. The maximum atomic E-state index is 11.4. The van der Waals surface area contributed by atoms with E-state index in [2.05, 4.69) is 10.7 Å². The summed E-state index contributed by atoms with van der Waals surface area (Å²) >= 11 is 0. The van der Waals surface area contributed by atoms with E-state index in [1.165, 1.54) is 0 Å². The molecule has 1 aliphatic heterocycles. The highest BCUT2D eigenvalue weighted by molar-refractivity contribution is 6.21. The minimum Gasteiger partial charge on any atom is -0.381 e. The molecule has 72 valence electrons. The Morgan fingerprint density at radius 1 is 1.43 bits per heavy atom. The van der Waals surface area contributed by atoms with Crippen LogP contribution in [0.3, 0.4) is 0 Å². The van der Waals surface area contributed by atoms with Crippen molar-refractivity contribution in [2.75, 3.05) is 11.9 Å². The van der Waals surface area contributed by atoms with Gasteiger partial charge in [-0.15, -0.1) is 0 Å². The zero-order valence-corrected chi connectivity index (χ0v) is 7.58. The molecule has 0 fully saturated rings. The topological polar surface area (TPSA) is 67.1 Å². The van der Waals surface area contributed by atoms with Crippen molar-refractivity contribution in [2.45, 2.75) is 0 Å². The van der Waals surface area contributed by atoms with Crippen LogP contribution in [0.5, 0.6) is 0 Å². The molecular formula is C10H11N3O. The molecule has 4 N–H and O–H groups in total. The van der Waals surface area contributed by atoms with Gasteiger partial charge < -0.3 is 5.32 Å². The SMILES string of the molecule is NNC(=O)C1=CCNc2ccccc21. The summed E-state index contributed by atoms with van der Waals surface area (Å²) in [6.07, 6.45) is 1.82. The molecule has 0 aliphatic carbocycles. The van der Waals surface area contributed by atoms with Crippen LogP contribution >= 0.6 is 0 Å². The Balaban J connectivity index is 2.45. The predicted octanol–water partition coefficient (Wildman–Crippen LogP) is 0.485. The number of hydrazine groups is 1. The summed E-state index contributed by atoms with van der Waals surface area (Å²) in [6, 6.07) is 7.65. The molecule has 0 bridgehead atoms. The molecule has 1 amide bonds. The number of rotatable bonds is 1. The quantitative estimate of drug-likeness (QED) is 0.342. The van der Waals surface area contributed by atoms with Crippen molar-refractivity contribution in [2.24, 2.45) is 5.84 Å². The Labute approximate surface area is 81.8 Å². The summed E-state index contributed by atoms with van der Waals surface area (Å²) in [5.74, 6) is 4.85. The van der Waals surface area contributed by atoms with E-state index in [1.807, 2.05) is 30.3 Å². The van der Waals surface area contributed by atoms with Gasteiger partial charge in [-0.2, -0.15) is 0 Å². The summed E-state index contributed by atoms with van der Waals surface area (Å²) in [4.78, 5) is 11.4. The van der Waals surface area contributed by atoms with Gasteiger partial charge in [0.15, 0.2) is 0 Å². The van der Waals surface area contributed by atoms with Crippen molar-refractivity contribution < 1.29 is 4.79 Å². The fraction of sp³-hybridized carbons (Fsp3) is 0.100. The minimum absolute atomic E-state index is 0.251. The van der Waals surface area contributed by atoms with Crippen LogP contribution in [0.2, 0.25) is 0 Å². The molecule has 0 unspecified atom stereocenters. The summed E-state index contributed by atoms with van der Waals surface area (Å²) in [5, 5.41) is 3.17. The van der Waals surface area contributed by atoms with Gasteiger partial charge in [0, 0.05) is 23.4 Å². The lowest BCUT2D eigenvalue weighted by molar-refractivity contribution is -0.115. The van der Waals surface area contributed by atoms with E-state index in [9.17, 15) is 4.79 Å². The number of benzene rings is 1. The van der Waals surface area contributed by atoms with Gasteiger partial charge in [-0.05, 0) is 6.07 Å². The van der Waals surface area contributed by atoms with E-state index in [1.54, 1.807) is 0 Å². The summed E-state index contributed by atoms with van der Waals surface area (Å²) in [5.41, 5.74) is 4.62. The van der Waals surface area contributed by atoms with Crippen LogP contribution in [0.4, 0.5) is 5.69 Å². The van der Waals surface area contributed by atoms with Gasteiger partial charge in [-0.3, -0.25) is 10.2 Å². The summed E-state index contributed by atoms with van der Waals surface area (Å²) in [6.45, 7) is 0.653. The van der Waals surface area contributed by atoms with E-state index in [4.69, 9.17) is 5.84 Å². The van der Waals surface area contributed by atoms with Gasteiger partial charge in [-0.25, -0.2) is 5.84 Å². The van der Waals surface area contributed by atoms with Crippen molar-refractivity contribution in [1.82, 2.24) is 5.43 Å².